The lowest BCUT2D eigenvalue weighted by atomic mass is 10.1. The molecule has 0 saturated carbocycles. The number of aromatic carboxylic acids is 1. The Labute approximate surface area is 124 Å². The number of halogens is 1. The predicted molar refractivity (Wildman–Crippen MR) is 76.2 cm³/mol. The van der Waals surface area contributed by atoms with Crippen LogP contribution in [0.25, 0.3) is 0 Å². The fourth-order valence-electron chi connectivity index (χ4n) is 1.64. The van der Waals surface area contributed by atoms with Gasteiger partial charge in [0.15, 0.2) is 5.69 Å². The van der Waals surface area contributed by atoms with Crippen LogP contribution in [0.2, 0.25) is 0 Å². The number of aryl methyl sites for hydroxylation is 1. The summed E-state index contributed by atoms with van der Waals surface area (Å²) in [5.74, 6) is -1.87. The van der Waals surface area contributed by atoms with Crippen molar-refractivity contribution in [1.82, 2.24) is 10.3 Å². The topological polar surface area (TPSA) is 79.3 Å². The predicted octanol–water partition coefficient (Wildman–Crippen LogP) is 2.26. The van der Waals surface area contributed by atoms with Crippen molar-refractivity contribution in [3.05, 3.63) is 51.2 Å². The number of carboxylic acids is 1. The van der Waals surface area contributed by atoms with Crippen LogP contribution < -0.4 is 5.32 Å². The van der Waals surface area contributed by atoms with E-state index in [1.54, 1.807) is 19.1 Å². The minimum atomic E-state index is -1.07. The summed E-state index contributed by atoms with van der Waals surface area (Å²) in [6.45, 7) is 1.93. The molecule has 0 spiro atoms. The highest BCUT2D eigenvalue weighted by Gasteiger charge is 2.10. The van der Waals surface area contributed by atoms with Crippen LogP contribution in [0.15, 0.2) is 23.6 Å². The van der Waals surface area contributed by atoms with E-state index in [4.69, 9.17) is 5.11 Å². The number of aromatic nitrogens is 1. The monoisotopic (exact) mass is 308 g/mol. The van der Waals surface area contributed by atoms with E-state index >= 15 is 0 Å². The van der Waals surface area contributed by atoms with Gasteiger partial charge < -0.3 is 10.4 Å². The number of hydrogen-bond acceptors (Lipinski definition) is 4. The lowest BCUT2D eigenvalue weighted by molar-refractivity contribution is 0.0690. The molecule has 2 rings (SSSR count). The molecule has 0 unspecified atom stereocenters. The molecule has 0 fully saturated rings. The number of carbonyl (C=O) groups excluding carboxylic acids is 1. The Morgan fingerprint density at radius 3 is 2.81 bits per heavy atom. The van der Waals surface area contributed by atoms with Crippen molar-refractivity contribution in [3.8, 4) is 0 Å². The highest BCUT2D eigenvalue weighted by molar-refractivity contribution is 7.09. The number of nitrogens with zero attached hydrogens (tertiary/aromatic N) is 1. The smallest absolute Gasteiger partial charge is 0.355 e. The standard InChI is InChI=1S/C14H13FN2O3S/c1-8-2-3-9(6-10(8)15)13(18)16-5-4-12-17-11(7-21-12)14(19)20/h2-3,6-7H,4-5H2,1H3,(H,16,18)(H,19,20). The Hall–Kier alpha value is -2.28. The molecule has 1 aromatic heterocycles. The zero-order valence-corrected chi connectivity index (χ0v) is 12.0. The largest absolute Gasteiger partial charge is 0.476 e. The molecular weight excluding hydrogens is 295 g/mol. The van der Waals surface area contributed by atoms with Gasteiger partial charge in [0.1, 0.15) is 5.82 Å². The van der Waals surface area contributed by atoms with Gasteiger partial charge in [0.25, 0.3) is 5.91 Å². The van der Waals surface area contributed by atoms with Gasteiger partial charge in [0.05, 0.1) is 5.01 Å². The molecule has 21 heavy (non-hydrogen) atoms. The summed E-state index contributed by atoms with van der Waals surface area (Å²) in [5, 5.41) is 13.5. The number of carboxylic acid groups (broad SMARTS) is 1. The van der Waals surface area contributed by atoms with Crippen LogP contribution in [0, 0.1) is 12.7 Å². The van der Waals surface area contributed by atoms with E-state index < -0.39 is 11.8 Å². The quantitative estimate of drug-likeness (QED) is 0.888. The third kappa shape index (κ3) is 3.85. The Bertz CT molecular complexity index is 685. The first kappa shape index (κ1) is 15.1. The van der Waals surface area contributed by atoms with Gasteiger partial charge in [0, 0.05) is 23.9 Å². The van der Waals surface area contributed by atoms with Crippen LogP contribution in [0.4, 0.5) is 4.39 Å². The molecule has 2 N–H and O–H groups in total. The Balaban J connectivity index is 1.88. The Morgan fingerprint density at radius 2 is 2.19 bits per heavy atom. The second-order valence-corrected chi connectivity index (χ2v) is 5.34. The summed E-state index contributed by atoms with van der Waals surface area (Å²) in [4.78, 5) is 26.4. The van der Waals surface area contributed by atoms with Crippen molar-refractivity contribution in [1.29, 1.82) is 0 Å². The van der Waals surface area contributed by atoms with Gasteiger partial charge in [-0.3, -0.25) is 4.79 Å². The van der Waals surface area contributed by atoms with E-state index in [1.165, 1.54) is 22.8 Å². The Morgan fingerprint density at radius 1 is 1.43 bits per heavy atom. The maximum absolute atomic E-state index is 13.4. The fraction of sp³-hybridized carbons (Fsp3) is 0.214. The summed E-state index contributed by atoms with van der Waals surface area (Å²) >= 11 is 1.23. The molecule has 0 aliphatic carbocycles. The first-order valence-electron chi connectivity index (χ1n) is 6.19. The molecular formula is C14H13FN2O3S. The molecule has 0 bridgehead atoms. The van der Waals surface area contributed by atoms with Gasteiger partial charge in [-0.15, -0.1) is 11.3 Å². The van der Waals surface area contributed by atoms with Gasteiger partial charge in [-0.1, -0.05) is 6.07 Å². The molecule has 1 amide bonds. The zero-order chi connectivity index (χ0) is 15.4. The van der Waals surface area contributed by atoms with Crippen LogP contribution >= 0.6 is 11.3 Å². The average molecular weight is 308 g/mol. The van der Waals surface area contributed by atoms with Crippen molar-refractivity contribution in [2.45, 2.75) is 13.3 Å². The van der Waals surface area contributed by atoms with Crippen molar-refractivity contribution in [2.24, 2.45) is 0 Å². The van der Waals surface area contributed by atoms with Crippen LogP contribution in [-0.4, -0.2) is 28.5 Å². The summed E-state index contributed by atoms with van der Waals surface area (Å²) in [7, 11) is 0. The summed E-state index contributed by atoms with van der Waals surface area (Å²) in [5.41, 5.74) is 0.737. The molecule has 0 aliphatic heterocycles. The molecule has 1 heterocycles. The van der Waals surface area contributed by atoms with Gasteiger partial charge in [-0.05, 0) is 24.6 Å². The first-order valence-corrected chi connectivity index (χ1v) is 7.07. The van der Waals surface area contributed by atoms with Crippen molar-refractivity contribution in [2.75, 3.05) is 6.54 Å². The second kappa shape index (κ2) is 6.45. The molecule has 7 heteroatoms. The van der Waals surface area contributed by atoms with Crippen molar-refractivity contribution < 1.29 is 19.1 Å². The third-order valence-electron chi connectivity index (χ3n) is 2.83. The van der Waals surface area contributed by atoms with E-state index in [0.717, 1.165) is 0 Å². The molecule has 110 valence electrons. The first-order chi connectivity index (χ1) is 9.97. The molecule has 0 aliphatic rings. The summed E-state index contributed by atoms with van der Waals surface area (Å²) < 4.78 is 13.4. The number of thiazole rings is 1. The van der Waals surface area contributed by atoms with Gasteiger partial charge in [-0.25, -0.2) is 14.2 Å². The maximum Gasteiger partial charge on any atom is 0.355 e. The SMILES string of the molecule is Cc1ccc(C(=O)NCCc2nc(C(=O)O)cs2)cc1F. The van der Waals surface area contributed by atoms with Gasteiger partial charge in [0.2, 0.25) is 0 Å². The van der Waals surface area contributed by atoms with Crippen molar-refractivity contribution in [3.63, 3.8) is 0 Å². The highest BCUT2D eigenvalue weighted by Crippen LogP contribution is 2.11. The minimum absolute atomic E-state index is 0.00179. The van der Waals surface area contributed by atoms with Gasteiger partial charge in [-0.2, -0.15) is 0 Å². The molecule has 2 aromatic rings. The lowest BCUT2D eigenvalue weighted by Crippen LogP contribution is -2.25. The van der Waals surface area contributed by atoms with E-state index in [0.29, 0.717) is 23.5 Å². The summed E-state index contributed by atoms with van der Waals surface area (Å²) in [6, 6.07) is 4.29. The number of carbonyl (C=O) groups is 2. The number of amides is 1. The van der Waals surface area contributed by atoms with Crippen molar-refractivity contribution >= 4 is 23.2 Å². The molecule has 0 radical (unpaired) electrons. The molecule has 1 aromatic carbocycles. The van der Waals surface area contributed by atoms with Crippen LogP contribution in [0.3, 0.4) is 0 Å². The normalized spacial score (nSPS) is 10.4. The minimum Gasteiger partial charge on any atom is -0.476 e. The maximum atomic E-state index is 13.4. The van der Waals surface area contributed by atoms with E-state index in [2.05, 4.69) is 10.3 Å². The number of rotatable bonds is 5. The highest BCUT2D eigenvalue weighted by atomic mass is 32.1. The van der Waals surface area contributed by atoms with Crippen LogP contribution in [0.1, 0.15) is 31.4 Å². The van der Waals surface area contributed by atoms with E-state index in [1.807, 2.05) is 0 Å². The second-order valence-electron chi connectivity index (χ2n) is 4.40. The third-order valence-corrected chi connectivity index (χ3v) is 3.74. The average Bonchev–Trinajstić information content (AvgIpc) is 2.91. The Kier molecular flexibility index (Phi) is 4.64. The summed E-state index contributed by atoms with van der Waals surface area (Å²) in [6.07, 6.45) is 0.429. The molecule has 5 nitrogen and oxygen atoms in total. The van der Waals surface area contributed by atoms with E-state index in [-0.39, 0.29) is 17.2 Å². The lowest BCUT2D eigenvalue weighted by Gasteiger charge is -2.05. The number of benzene rings is 1. The number of hydrogen-bond donors (Lipinski definition) is 2. The fourth-order valence-corrected chi connectivity index (χ4v) is 2.42. The number of nitrogens with one attached hydrogen (secondary N) is 1. The van der Waals surface area contributed by atoms with Gasteiger partial charge >= 0.3 is 5.97 Å². The molecule has 0 saturated heterocycles. The van der Waals surface area contributed by atoms with Crippen LogP contribution in [0.5, 0.6) is 0 Å². The van der Waals surface area contributed by atoms with Crippen LogP contribution in [-0.2, 0) is 6.42 Å². The van der Waals surface area contributed by atoms with E-state index in [9.17, 15) is 14.0 Å². The molecule has 0 atom stereocenters. The zero-order valence-electron chi connectivity index (χ0n) is 11.2.